The van der Waals surface area contributed by atoms with Crippen molar-refractivity contribution in [2.45, 2.75) is 17.8 Å². The Hall–Kier alpha value is -0.0100. The number of hydrogen-bond donors (Lipinski definition) is 1. The van der Waals surface area contributed by atoms with Gasteiger partial charge in [0.25, 0.3) is 0 Å². The van der Waals surface area contributed by atoms with Gasteiger partial charge in [-0.2, -0.15) is 8.78 Å². The number of hydrogen-bond acceptors (Lipinski definition) is 3. The van der Waals surface area contributed by atoms with Crippen molar-refractivity contribution in [2.75, 3.05) is 6.61 Å². The number of alkyl halides is 3. The van der Waals surface area contributed by atoms with Crippen molar-refractivity contribution in [3.05, 3.63) is 0 Å². The van der Waals surface area contributed by atoms with Crippen molar-refractivity contribution in [3.8, 4) is 0 Å². The molecule has 0 aliphatic carbocycles. The molecule has 1 unspecified atom stereocenters. The van der Waals surface area contributed by atoms with Gasteiger partial charge in [-0.3, -0.25) is 0 Å². The number of aliphatic hydroxyl groups is 1. The molecule has 0 heterocycles. The second-order valence-electron chi connectivity index (χ2n) is 1.98. The third kappa shape index (κ3) is 2.49. The van der Waals surface area contributed by atoms with Crippen LogP contribution in [0.5, 0.6) is 0 Å². The largest absolute Gasteiger partial charge is 0.396 e. The Kier molecular flexibility index (Phi) is 3.80. The zero-order chi connectivity index (χ0) is 9.99. The maximum atomic E-state index is 12.3. The van der Waals surface area contributed by atoms with E-state index in [0.29, 0.717) is 0 Å². The molecule has 0 aromatic rings. The van der Waals surface area contributed by atoms with Crippen LogP contribution in [0.4, 0.5) is 13.2 Å². The molecule has 3 nitrogen and oxygen atoms in total. The minimum Gasteiger partial charge on any atom is -0.396 e. The number of rotatable bonds is 4. The quantitative estimate of drug-likeness (QED) is 0.724. The molecule has 0 radical (unpaired) electrons. The normalized spacial score (nSPS) is 16.1. The molecule has 0 aliphatic rings. The lowest BCUT2D eigenvalue weighted by Crippen LogP contribution is -2.36. The Labute approximate surface area is 71.6 Å². The summed E-state index contributed by atoms with van der Waals surface area (Å²) in [4.78, 5) is 0. The van der Waals surface area contributed by atoms with Crippen LogP contribution in [-0.4, -0.2) is 31.6 Å². The highest BCUT2D eigenvalue weighted by Crippen LogP contribution is 2.32. The fourth-order valence-corrected chi connectivity index (χ4v) is 1.15. The molecule has 1 atom stereocenters. The molecule has 0 fully saturated rings. The molecule has 0 bridgehead atoms. The van der Waals surface area contributed by atoms with Gasteiger partial charge in [0, 0.05) is 23.7 Å². The summed E-state index contributed by atoms with van der Waals surface area (Å²) in [6.07, 6.45) is -3.95. The van der Waals surface area contributed by atoms with E-state index in [0.717, 1.165) is 0 Å². The first-order valence-electron chi connectivity index (χ1n) is 2.80. The summed E-state index contributed by atoms with van der Waals surface area (Å²) in [6.45, 7) is -0.872. The first-order valence-corrected chi connectivity index (χ1v) is 5.11. The van der Waals surface area contributed by atoms with Gasteiger partial charge < -0.3 is 5.11 Å². The standard InChI is InChI=1S/C4H6ClF3O3S/c5-12(10,11)4(7,8)3(6)1-2-9/h3,9H,1-2H2. The van der Waals surface area contributed by atoms with E-state index in [-0.39, 0.29) is 0 Å². The van der Waals surface area contributed by atoms with Crippen LogP contribution in [0.3, 0.4) is 0 Å². The SMILES string of the molecule is O=S(=O)(Cl)C(F)(F)C(F)CCO. The van der Waals surface area contributed by atoms with Crippen LogP contribution in [0.25, 0.3) is 0 Å². The van der Waals surface area contributed by atoms with Crippen molar-refractivity contribution in [1.29, 1.82) is 0 Å². The van der Waals surface area contributed by atoms with E-state index >= 15 is 0 Å². The molecule has 74 valence electrons. The van der Waals surface area contributed by atoms with E-state index in [2.05, 4.69) is 10.7 Å². The maximum absolute atomic E-state index is 12.3. The highest BCUT2D eigenvalue weighted by Gasteiger charge is 2.51. The van der Waals surface area contributed by atoms with Crippen LogP contribution < -0.4 is 0 Å². The monoisotopic (exact) mass is 226 g/mol. The van der Waals surface area contributed by atoms with E-state index in [4.69, 9.17) is 5.11 Å². The van der Waals surface area contributed by atoms with Gasteiger partial charge in [-0.15, -0.1) is 0 Å². The van der Waals surface area contributed by atoms with Gasteiger partial charge in [0.2, 0.25) is 0 Å². The second-order valence-corrected chi connectivity index (χ2v) is 4.62. The molecule has 0 rings (SSSR count). The van der Waals surface area contributed by atoms with Gasteiger partial charge in [0.1, 0.15) is 0 Å². The van der Waals surface area contributed by atoms with Crippen LogP contribution >= 0.6 is 10.7 Å². The molecule has 0 saturated heterocycles. The summed E-state index contributed by atoms with van der Waals surface area (Å²) in [5.41, 5.74) is 0. The zero-order valence-corrected chi connectivity index (χ0v) is 7.25. The topological polar surface area (TPSA) is 54.4 Å². The van der Waals surface area contributed by atoms with E-state index < -0.39 is 33.5 Å². The smallest absolute Gasteiger partial charge is 0.390 e. The lowest BCUT2D eigenvalue weighted by Gasteiger charge is -2.15. The highest BCUT2D eigenvalue weighted by molar-refractivity contribution is 8.14. The molecule has 0 aromatic heterocycles. The molecule has 8 heteroatoms. The van der Waals surface area contributed by atoms with Gasteiger partial charge >= 0.3 is 14.3 Å². The zero-order valence-electron chi connectivity index (χ0n) is 5.68. The number of halogens is 4. The van der Waals surface area contributed by atoms with Crippen molar-refractivity contribution in [3.63, 3.8) is 0 Å². The third-order valence-corrected chi connectivity index (χ3v) is 2.60. The average molecular weight is 227 g/mol. The van der Waals surface area contributed by atoms with Crippen molar-refractivity contribution < 1.29 is 26.7 Å². The molecule has 0 amide bonds. The number of aliphatic hydroxyl groups excluding tert-OH is 1. The Morgan fingerprint density at radius 3 is 2.17 bits per heavy atom. The molecule has 0 aromatic carbocycles. The molecule has 0 aliphatic heterocycles. The Morgan fingerprint density at radius 2 is 1.92 bits per heavy atom. The predicted molar refractivity (Wildman–Crippen MR) is 36.3 cm³/mol. The Balaban J connectivity index is 4.62. The summed E-state index contributed by atoms with van der Waals surface area (Å²) in [5.74, 6) is 0. The molecular weight excluding hydrogens is 221 g/mol. The van der Waals surface area contributed by atoms with Crippen LogP contribution in [0.1, 0.15) is 6.42 Å². The summed E-state index contributed by atoms with van der Waals surface area (Å²) in [6, 6.07) is 0. The first-order chi connectivity index (χ1) is 5.23. The van der Waals surface area contributed by atoms with Crippen LogP contribution in [0.15, 0.2) is 0 Å². The summed E-state index contributed by atoms with van der Waals surface area (Å²) in [5, 5.41) is 3.41. The van der Waals surface area contributed by atoms with Gasteiger partial charge in [0.05, 0.1) is 0 Å². The minimum atomic E-state index is -5.27. The minimum absolute atomic E-state index is 0.872. The highest BCUT2D eigenvalue weighted by atomic mass is 35.7. The van der Waals surface area contributed by atoms with Gasteiger partial charge in [-0.25, -0.2) is 12.8 Å². The van der Waals surface area contributed by atoms with Gasteiger partial charge in [-0.05, 0) is 0 Å². The molecule has 0 spiro atoms. The Morgan fingerprint density at radius 1 is 1.50 bits per heavy atom. The van der Waals surface area contributed by atoms with E-state index in [1.165, 1.54) is 0 Å². The van der Waals surface area contributed by atoms with Gasteiger partial charge in [-0.1, -0.05) is 0 Å². The fourth-order valence-electron chi connectivity index (χ4n) is 0.434. The van der Waals surface area contributed by atoms with Crippen molar-refractivity contribution in [1.82, 2.24) is 0 Å². The summed E-state index contributed by atoms with van der Waals surface area (Å²) >= 11 is 0. The predicted octanol–water partition coefficient (Wildman–Crippen LogP) is 0.868. The van der Waals surface area contributed by atoms with Crippen LogP contribution in [0.2, 0.25) is 0 Å². The van der Waals surface area contributed by atoms with Crippen LogP contribution in [-0.2, 0) is 9.05 Å². The molecule has 12 heavy (non-hydrogen) atoms. The second kappa shape index (κ2) is 3.80. The lowest BCUT2D eigenvalue weighted by molar-refractivity contribution is -0.00376. The average Bonchev–Trinajstić information content (AvgIpc) is 1.85. The van der Waals surface area contributed by atoms with Crippen LogP contribution in [0, 0.1) is 0 Å². The molecule has 1 N–H and O–H groups in total. The summed E-state index contributed by atoms with van der Waals surface area (Å²) < 4.78 is 57.0. The third-order valence-electron chi connectivity index (χ3n) is 1.07. The Bertz CT molecular complexity index is 240. The molecule has 0 saturated carbocycles. The lowest BCUT2D eigenvalue weighted by atomic mass is 10.3. The summed E-state index contributed by atoms with van der Waals surface area (Å²) in [7, 11) is -1.01. The maximum Gasteiger partial charge on any atom is 0.390 e. The first kappa shape index (κ1) is 12.0. The van der Waals surface area contributed by atoms with Crippen molar-refractivity contribution >= 4 is 19.7 Å². The molecular formula is C4H6ClF3O3S. The van der Waals surface area contributed by atoms with Crippen molar-refractivity contribution in [2.24, 2.45) is 0 Å². The van der Waals surface area contributed by atoms with E-state index in [1.807, 2.05) is 0 Å². The fraction of sp³-hybridized carbons (Fsp3) is 1.00. The van der Waals surface area contributed by atoms with E-state index in [1.54, 1.807) is 0 Å². The van der Waals surface area contributed by atoms with E-state index in [9.17, 15) is 21.6 Å². The van der Waals surface area contributed by atoms with Gasteiger partial charge in [0.15, 0.2) is 6.17 Å².